The van der Waals surface area contributed by atoms with Gasteiger partial charge < -0.3 is 89.9 Å². The Labute approximate surface area is 533 Å². The third-order valence-corrected chi connectivity index (χ3v) is 16.4. The molecule has 0 radical (unpaired) electrons. The van der Waals surface area contributed by atoms with Gasteiger partial charge in [0.2, 0.25) is 5.91 Å². The van der Waals surface area contributed by atoms with Gasteiger partial charge in [0, 0.05) is 6.42 Å². The minimum Gasteiger partial charge on any atom is -0.394 e. The summed E-state index contributed by atoms with van der Waals surface area (Å²) in [4.78, 5) is 13.4. The van der Waals surface area contributed by atoms with E-state index in [-0.39, 0.29) is 18.9 Å². The zero-order valence-corrected chi connectivity index (χ0v) is 53.9. The number of unbranched alkanes of at least 4 members (excludes halogenated alkanes) is 18. The Hall–Kier alpha value is -3.29. The average molecular weight is 1260 g/mol. The van der Waals surface area contributed by atoms with Crippen molar-refractivity contribution in [2.45, 2.75) is 311 Å². The van der Waals surface area contributed by atoms with Crippen LogP contribution < -0.4 is 5.32 Å². The molecule has 0 aromatic heterocycles. The highest BCUT2D eigenvalue weighted by Gasteiger charge is 2.53. The Morgan fingerprint density at radius 3 is 1.21 bits per heavy atom. The summed E-state index contributed by atoms with van der Waals surface area (Å²) in [5, 5.41) is 120. The van der Waals surface area contributed by atoms with Crippen molar-refractivity contribution in [3.63, 3.8) is 0 Å². The summed E-state index contributed by atoms with van der Waals surface area (Å²) in [7, 11) is 0. The van der Waals surface area contributed by atoms with E-state index in [0.29, 0.717) is 12.8 Å². The summed E-state index contributed by atoms with van der Waals surface area (Å²) < 4.78 is 34.3. The van der Waals surface area contributed by atoms with Gasteiger partial charge in [-0.15, -0.1) is 0 Å². The molecule has 17 atom stereocenters. The van der Waals surface area contributed by atoms with Gasteiger partial charge in [-0.3, -0.25) is 4.79 Å². The monoisotopic (exact) mass is 1260 g/mol. The number of carbonyl (C=O) groups is 1. The largest absolute Gasteiger partial charge is 0.394 e. The first-order valence-electron chi connectivity index (χ1n) is 34.0. The fourth-order valence-electron chi connectivity index (χ4n) is 10.9. The van der Waals surface area contributed by atoms with Crippen molar-refractivity contribution in [3.05, 3.63) is 97.2 Å². The molecule has 1 amide bonds. The Morgan fingerprint density at radius 2 is 0.775 bits per heavy atom. The number of nitrogens with one attached hydrogen (secondary N) is 1. The van der Waals surface area contributed by atoms with Gasteiger partial charge in [0.15, 0.2) is 18.9 Å². The Bertz CT molecular complexity index is 1990. The highest BCUT2D eigenvalue weighted by molar-refractivity contribution is 5.76. The number of aliphatic hydroxyl groups excluding tert-OH is 11. The van der Waals surface area contributed by atoms with E-state index in [4.69, 9.17) is 28.4 Å². The summed E-state index contributed by atoms with van der Waals surface area (Å²) in [6.45, 7) is 1.64. The number of aliphatic hydroxyl groups is 11. The van der Waals surface area contributed by atoms with Gasteiger partial charge in [0.1, 0.15) is 73.2 Å². The average Bonchev–Trinajstić information content (AvgIpc) is 1.33. The Balaban J connectivity index is 1.37. The fraction of sp³-hybridized carbons (Fsp3) is 0.757. The quantitative estimate of drug-likeness (QED) is 0.0201. The van der Waals surface area contributed by atoms with Crippen molar-refractivity contribution in [2.75, 3.05) is 26.4 Å². The lowest BCUT2D eigenvalue weighted by atomic mass is 9.96. The maximum Gasteiger partial charge on any atom is 0.220 e. The van der Waals surface area contributed by atoms with Crippen LogP contribution in [0, 0.1) is 0 Å². The predicted octanol–water partition coefficient (Wildman–Crippen LogP) is 8.49. The molecule has 0 aromatic carbocycles. The van der Waals surface area contributed by atoms with Crippen molar-refractivity contribution >= 4 is 5.91 Å². The number of hydrogen-bond donors (Lipinski definition) is 12. The maximum absolute atomic E-state index is 13.4. The Morgan fingerprint density at radius 1 is 0.416 bits per heavy atom. The summed E-state index contributed by atoms with van der Waals surface area (Å²) in [5.41, 5.74) is 0. The van der Waals surface area contributed by atoms with Crippen LogP contribution in [0.3, 0.4) is 0 Å². The third kappa shape index (κ3) is 33.4. The van der Waals surface area contributed by atoms with Gasteiger partial charge in [-0.25, -0.2) is 0 Å². The van der Waals surface area contributed by atoms with Crippen LogP contribution >= 0.6 is 0 Å². The molecule has 12 N–H and O–H groups in total. The summed E-state index contributed by atoms with van der Waals surface area (Å²) >= 11 is 0. The van der Waals surface area contributed by atoms with E-state index in [2.05, 4.69) is 116 Å². The number of amides is 1. The lowest BCUT2D eigenvalue weighted by molar-refractivity contribution is -0.379. The zero-order chi connectivity index (χ0) is 64.7. The lowest BCUT2D eigenvalue weighted by Gasteiger charge is -2.48. The van der Waals surface area contributed by atoms with Gasteiger partial charge in [-0.1, -0.05) is 220 Å². The summed E-state index contributed by atoms with van der Waals surface area (Å²) in [5.74, 6) is -0.257. The number of carbonyl (C=O) groups excluding carboxylic acids is 1. The molecule has 0 aromatic rings. The first kappa shape index (κ1) is 79.9. The van der Waals surface area contributed by atoms with Gasteiger partial charge in [-0.05, 0) is 77.0 Å². The van der Waals surface area contributed by atoms with Crippen LogP contribution in [0.25, 0.3) is 0 Å². The highest BCUT2D eigenvalue weighted by atomic mass is 16.8. The molecule has 0 aliphatic carbocycles. The second-order valence-corrected chi connectivity index (χ2v) is 23.9. The Kier molecular flexibility index (Phi) is 46.0. The van der Waals surface area contributed by atoms with E-state index in [1.807, 2.05) is 0 Å². The van der Waals surface area contributed by atoms with E-state index < -0.39 is 124 Å². The lowest BCUT2D eigenvalue weighted by Crippen LogP contribution is -2.66. The van der Waals surface area contributed by atoms with Crippen LogP contribution in [-0.2, 0) is 33.2 Å². The normalized spacial score (nSPS) is 28.8. The molecular weight excluding hydrogens is 1140 g/mol. The molecule has 19 nitrogen and oxygen atoms in total. The molecular formula is C70H119NO18. The van der Waals surface area contributed by atoms with Gasteiger partial charge in [0.05, 0.1) is 38.6 Å². The van der Waals surface area contributed by atoms with E-state index in [1.54, 1.807) is 0 Å². The molecule has 512 valence electrons. The molecule has 3 fully saturated rings. The first-order valence-corrected chi connectivity index (χ1v) is 34.0. The molecule has 3 aliphatic rings. The van der Waals surface area contributed by atoms with Gasteiger partial charge >= 0.3 is 0 Å². The van der Waals surface area contributed by atoms with E-state index in [0.717, 1.165) is 116 Å². The van der Waals surface area contributed by atoms with Crippen molar-refractivity contribution in [1.82, 2.24) is 5.32 Å². The van der Waals surface area contributed by atoms with Crippen LogP contribution in [0.1, 0.15) is 206 Å². The van der Waals surface area contributed by atoms with E-state index >= 15 is 0 Å². The molecule has 3 saturated heterocycles. The minimum absolute atomic E-state index is 0.250. The third-order valence-electron chi connectivity index (χ3n) is 16.4. The van der Waals surface area contributed by atoms with E-state index in [9.17, 15) is 61.0 Å². The fourth-order valence-corrected chi connectivity index (χ4v) is 10.9. The summed E-state index contributed by atoms with van der Waals surface area (Å²) in [6.07, 6.45) is 39.3. The second-order valence-electron chi connectivity index (χ2n) is 23.9. The molecule has 3 heterocycles. The number of ether oxygens (including phenoxy) is 6. The predicted molar refractivity (Wildman–Crippen MR) is 346 cm³/mol. The topological polar surface area (TPSA) is 307 Å². The highest BCUT2D eigenvalue weighted by Crippen LogP contribution is 2.33. The van der Waals surface area contributed by atoms with E-state index in [1.165, 1.54) is 57.8 Å². The van der Waals surface area contributed by atoms with Crippen molar-refractivity contribution in [3.8, 4) is 0 Å². The van der Waals surface area contributed by atoms with Crippen LogP contribution in [0.4, 0.5) is 0 Å². The standard InChI is InChI=1S/C70H119NO18/c1-3-5-7-9-11-13-15-16-17-18-19-20-21-22-23-24-25-26-27-28-29-30-31-32-33-34-35-36-38-40-42-44-46-48-58(76)71-53(54(75)47-45-43-41-39-37-14-12-10-8-6-4-2)52-84-68-64(82)61(79)66(56(50-73)86-68)89-70-65(83)62(80)67(57(51-74)87-70)88-69-63(81)60(78)59(77)55(49-72)85-69/h5,7,11,13,16-17,19-20,22-23,25-26,28-29,31-32,53-57,59-70,72-75,77-83H,3-4,6,8-10,12,14-15,18,21,24,27,30,33-52H2,1-2H3,(H,71,76)/b7-5-,13-11-,17-16-,20-19-,23-22-,26-25-,29-28-,32-31-. The minimum atomic E-state index is -1.98. The van der Waals surface area contributed by atoms with Gasteiger partial charge in [0.25, 0.3) is 0 Å². The van der Waals surface area contributed by atoms with Crippen LogP contribution in [-0.4, -0.2) is 193 Å². The zero-order valence-electron chi connectivity index (χ0n) is 53.9. The number of rotatable bonds is 50. The first-order chi connectivity index (χ1) is 43.3. The molecule has 3 aliphatic heterocycles. The van der Waals surface area contributed by atoms with Crippen LogP contribution in [0.5, 0.6) is 0 Å². The van der Waals surface area contributed by atoms with Crippen molar-refractivity contribution in [1.29, 1.82) is 0 Å². The van der Waals surface area contributed by atoms with Crippen molar-refractivity contribution in [2.24, 2.45) is 0 Å². The molecule has 0 bridgehead atoms. The SMILES string of the molecule is CC/C=C\C/C=C\C/C=C\C/C=C\C/C=C\C/C=C\C/C=C\C/C=C\CCCCCCCCCCC(=O)NC(COC1OC(CO)C(OC2OC(CO)C(OC3OC(CO)C(O)C(O)C3O)C(O)C2O)C(O)C1O)C(O)CCCCCCCCCCCCC. The molecule has 3 rings (SSSR count). The second kappa shape index (κ2) is 51.2. The van der Waals surface area contributed by atoms with Gasteiger partial charge in [-0.2, -0.15) is 0 Å². The molecule has 17 unspecified atom stereocenters. The number of hydrogen-bond acceptors (Lipinski definition) is 18. The summed E-state index contributed by atoms with van der Waals surface area (Å²) in [6, 6.07) is -0.897. The molecule has 89 heavy (non-hydrogen) atoms. The molecule has 0 saturated carbocycles. The number of allylic oxidation sites excluding steroid dienone is 16. The molecule has 19 heteroatoms. The van der Waals surface area contributed by atoms with Crippen LogP contribution in [0.15, 0.2) is 97.2 Å². The van der Waals surface area contributed by atoms with Crippen LogP contribution in [0.2, 0.25) is 0 Å². The molecule has 0 spiro atoms. The maximum atomic E-state index is 13.4. The smallest absolute Gasteiger partial charge is 0.220 e. The van der Waals surface area contributed by atoms with Crippen molar-refractivity contribution < 1.29 is 89.4 Å².